The number of hydrogen-bond acceptors (Lipinski definition) is 2. The molecule has 18 heavy (non-hydrogen) atoms. The summed E-state index contributed by atoms with van der Waals surface area (Å²) in [6.45, 7) is 0. The first-order valence-corrected chi connectivity index (χ1v) is 7.13. The molecule has 2 bridgehead atoms. The summed E-state index contributed by atoms with van der Waals surface area (Å²) in [6, 6.07) is 8.61. The minimum absolute atomic E-state index is 0.240. The standard InChI is InChI=1S/C15H18ClNO/c16-12-3-1-2-11(9-12)15(18)8-10-6-13-4-5-14(7-10)17-13/h1-3,9-10,13-14,17H,4-8H2/t10?,13-,14+. The fourth-order valence-electron chi connectivity index (χ4n) is 3.38. The van der Waals surface area contributed by atoms with Crippen molar-refractivity contribution in [3.05, 3.63) is 34.9 Å². The first kappa shape index (κ1) is 12.2. The Kier molecular flexibility index (Phi) is 3.40. The number of Topliss-reactive ketones (excluding diaryl/α,β-unsaturated/α-hetero) is 1. The van der Waals surface area contributed by atoms with Crippen LogP contribution in [0.3, 0.4) is 0 Å². The summed E-state index contributed by atoms with van der Waals surface area (Å²) in [4.78, 5) is 12.2. The van der Waals surface area contributed by atoms with E-state index in [9.17, 15) is 4.79 Å². The minimum Gasteiger partial charge on any atom is -0.311 e. The van der Waals surface area contributed by atoms with Gasteiger partial charge in [-0.15, -0.1) is 0 Å². The van der Waals surface area contributed by atoms with E-state index >= 15 is 0 Å². The molecule has 0 saturated carbocycles. The van der Waals surface area contributed by atoms with Gasteiger partial charge in [-0.1, -0.05) is 23.7 Å². The molecule has 1 unspecified atom stereocenters. The molecule has 0 spiro atoms. The Bertz CT molecular complexity index is 448. The second kappa shape index (κ2) is 5.02. The number of hydrogen-bond donors (Lipinski definition) is 1. The Morgan fingerprint density at radius 1 is 1.28 bits per heavy atom. The highest BCUT2D eigenvalue weighted by molar-refractivity contribution is 6.31. The Morgan fingerprint density at radius 3 is 2.67 bits per heavy atom. The number of piperidine rings is 1. The number of halogens is 1. The largest absolute Gasteiger partial charge is 0.311 e. The summed E-state index contributed by atoms with van der Waals surface area (Å²) in [7, 11) is 0. The van der Waals surface area contributed by atoms with Crippen LogP contribution in [0.25, 0.3) is 0 Å². The first-order valence-electron chi connectivity index (χ1n) is 6.75. The number of carbonyl (C=O) groups is 1. The van der Waals surface area contributed by atoms with E-state index in [1.165, 1.54) is 12.8 Å². The third kappa shape index (κ3) is 2.60. The highest BCUT2D eigenvalue weighted by Crippen LogP contribution is 2.33. The summed E-state index contributed by atoms with van der Waals surface area (Å²) in [5.41, 5.74) is 0.758. The van der Waals surface area contributed by atoms with E-state index < -0.39 is 0 Å². The number of carbonyl (C=O) groups excluding carboxylic acids is 1. The van der Waals surface area contributed by atoms with Gasteiger partial charge in [0.15, 0.2) is 5.78 Å². The maximum Gasteiger partial charge on any atom is 0.163 e. The fraction of sp³-hybridized carbons (Fsp3) is 0.533. The lowest BCUT2D eigenvalue weighted by molar-refractivity contribution is 0.0945. The van der Waals surface area contributed by atoms with E-state index in [1.807, 2.05) is 18.2 Å². The zero-order valence-electron chi connectivity index (χ0n) is 10.4. The summed E-state index contributed by atoms with van der Waals surface area (Å²) >= 11 is 5.93. The number of rotatable bonds is 3. The van der Waals surface area contributed by atoms with Crippen LogP contribution in [0.1, 0.15) is 42.5 Å². The highest BCUT2D eigenvalue weighted by Gasteiger charge is 2.34. The van der Waals surface area contributed by atoms with Gasteiger partial charge in [-0.25, -0.2) is 0 Å². The smallest absolute Gasteiger partial charge is 0.163 e. The molecule has 2 aliphatic rings. The van der Waals surface area contributed by atoms with Crippen LogP contribution in [0.2, 0.25) is 5.02 Å². The SMILES string of the molecule is O=C(CC1C[C@H]2CC[C@@H](C1)N2)c1cccc(Cl)c1. The van der Waals surface area contributed by atoms with Crippen LogP contribution in [0.5, 0.6) is 0 Å². The van der Waals surface area contributed by atoms with Crippen molar-refractivity contribution >= 4 is 17.4 Å². The van der Waals surface area contributed by atoms with E-state index in [0.717, 1.165) is 18.4 Å². The lowest BCUT2D eigenvalue weighted by atomic mass is 9.87. The van der Waals surface area contributed by atoms with Crippen LogP contribution in [0.15, 0.2) is 24.3 Å². The van der Waals surface area contributed by atoms with E-state index in [2.05, 4.69) is 5.32 Å². The Hall–Kier alpha value is -0.860. The van der Waals surface area contributed by atoms with Crippen molar-refractivity contribution in [1.82, 2.24) is 5.32 Å². The molecular weight excluding hydrogens is 246 g/mol. The molecule has 0 aliphatic carbocycles. The van der Waals surface area contributed by atoms with Crippen LogP contribution >= 0.6 is 11.6 Å². The zero-order valence-corrected chi connectivity index (χ0v) is 11.1. The Labute approximate surface area is 113 Å². The lowest BCUT2D eigenvalue weighted by Gasteiger charge is -2.28. The Morgan fingerprint density at radius 2 is 2.00 bits per heavy atom. The maximum atomic E-state index is 12.2. The van der Waals surface area contributed by atoms with Gasteiger partial charge in [0.05, 0.1) is 0 Å². The van der Waals surface area contributed by atoms with E-state index in [4.69, 9.17) is 11.6 Å². The molecule has 1 aromatic rings. The molecule has 3 heteroatoms. The fourth-order valence-corrected chi connectivity index (χ4v) is 3.57. The highest BCUT2D eigenvalue weighted by atomic mass is 35.5. The monoisotopic (exact) mass is 263 g/mol. The quantitative estimate of drug-likeness (QED) is 0.847. The molecule has 2 aliphatic heterocycles. The molecule has 0 amide bonds. The van der Waals surface area contributed by atoms with E-state index in [1.54, 1.807) is 6.07 Å². The molecule has 1 N–H and O–H groups in total. The molecule has 0 aromatic heterocycles. The molecule has 0 radical (unpaired) electrons. The molecular formula is C15H18ClNO. The topological polar surface area (TPSA) is 29.1 Å². The van der Waals surface area contributed by atoms with Crippen molar-refractivity contribution in [1.29, 1.82) is 0 Å². The van der Waals surface area contributed by atoms with Crippen LogP contribution < -0.4 is 5.32 Å². The molecule has 96 valence electrons. The predicted molar refractivity (Wildman–Crippen MR) is 73.1 cm³/mol. The van der Waals surface area contributed by atoms with Gasteiger partial charge in [0.1, 0.15) is 0 Å². The van der Waals surface area contributed by atoms with Crippen molar-refractivity contribution in [3.8, 4) is 0 Å². The van der Waals surface area contributed by atoms with Crippen molar-refractivity contribution in [3.63, 3.8) is 0 Å². The normalized spacial score (nSPS) is 30.4. The third-order valence-electron chi connectivity index (χ3n) is 4.19. The van der Waals surface area contributed by atoms with Gasteiger partial charge in [-0.05, 0) is 43.7 Å². The Balaban J connectivity index is 1.64. The van der Waals surface area contributed by atoms with Gasteiger partial charge in [0, 0.05) is 29.1 Å². The first-order chi connectivity index (χ1) is 8.70. The third-order valence-corrected chi connectivity index (χ3v) is 4.43. The molecule has 1 aromatic carbocycles. The molecule has 3 atom stereocenters. The van der Waals surface area contributed by atoms with Gasteiger partial charge in [0.25, 0.3) is 0 Å². The van der Waals surface area contributed by atoms with Crippen molar-refractivity contribution < 1.29 is 4.79 Å². The van der Waals surface area contributed by atoms with Crippen molar-refractivity contribution in [2.24, 2.45) is 5.92 Å². The van der Waals surface area contributed by atoms with Gasteiger partial charge in [0.2, 0.25) is 0 Å². The predicted octanol–water partition coefficient (Wildman–Crippen LogP) is 3.44. The summed E-state index contributed by atoms with van der Waals surface area (Å²) in [5, 5.41) is 4.25. The molecule has 2 nitrogen and oxygen atoms in total. The molecule has 2 saturated heterocycles. The van der Waals surface area contributed by atoms with Crippen LogP contribution in [-0.2, 0) is 0 Å². The van der Waals surface area contributed by atoms with Gasteiger partial charge >= 0.3 is 0 Å². The van der Waals surface area contributed by atoms with Gasteiger partial charge < -0.3 is 5.32 Å². The van der Waals surface area contributed by atoms with Crippen LogP contribution in [-0.4, -0.2) is 17.9 Å². The number of fused-ring (bicyclic) bond motifs is 2. The van der Waals surface area contributed by atoms with Gasteiger partial charge in [-0.2, -0.15) is 0 Å². The van der Waals surface area contributed by atoms with Crippen molar-refractivity contribution in [2.75, 3.05) is 0 Å². The lowest BCUT2D eigenvalue weighted by Crippen LogP contribution is -2.38. The zero-order chi connectivity index (χ0) is 12.5. The second-order valence-electron chi connectivity index (χ2n) is 5.61. The molecule has 2 heterocycles. The van der Waals surface area contributed by atoms with E-state index in [-0.39, 0.29) is 5.78 Å². The average molecular weight is 264 g/mol. The summed E-state index contributed by atoms with van der Waals surface area (Å²) in [6.07, 6.45) is 5.56. The average Bonchev–Trinajstić information content (AvgIpc) is 2.69. The van der Waals surface area contributed by atoms with Crippen molar-refractivity contribution in [2.45, 2.75) is 44.2 Å². The maximum absolute atomic E-state index is 12.2. The number of benzene rings is 1. The van der Waals surface area contributed by atoms with E-state index in [0.29, 0.717) is 29.4 Å². The van der Waals surface area contributed by atoms with Crippen LogP contribution in [0.4, 0.5) is 0 Å². The van der Waals surface area contributed by atoms with Crippen LogP contribution in [0, 0.1) is 5.92 Å². The number of ketones is 1. The number of nitrogens with one attached hydrogen (secondary N) is 1. The minimum atomic E-state index is 0.240. The second-order valence-corrected chi connectivity index (χ2v) is 6.05. The summed E-state index contributed by atoms with van der Waals surface area (Å²) in [5.74, 6) is 0.791. The summed E-state index contributed by atoms with van der Waals surface area (Å²) < 4.78 is 0. The molecule has 3 rings (SSSR count). The van der Waals surface area contributed by atoms with Gasteiger partial charge in [-0.3, -0.25) is 4.79 Å². The molecule has 2 fully saturated rings.